The van der Waals surface area contributed by atoms with E-state index in [4.69, 9.17) is 4.98 Å². The summed E-state index contributed by atoms with van der Waals surface area (Å²) in [6.07, 6.45) is 1.84. The molecule has 0 N–H and O–H groups in total. The van der Waals surface area contributed by atoms with Gasteiger partial charge in [-0.3, -0.25) is 4.98 Å². The van der Waals surface area contributed by atoms with Crippen molar-refractivity contribution in [3.8, 4) is 67.2 Å². The monoisotopic (exact) mass is 636 g/mol. The molecule has 0 amide bonds. The number of fused-ring (bicyclic) bond motifs is 3. The van der Waals surface area contributed by atoms with Crippen LogP contribution in [0.3, 0.4) is 0 Å². The van der Waals surface area contributed by atoms with Crippen LogP contribution in [0.4, 0.5) is 0 Å². The van der Waals surface area contributed by atoms with Gasteiger partial charge in [-0.15, -0.1) is 0 Å². The highest BCUT2D eigenvalue weighted by molar-refractivity contribution is 6.14. The number of benzene rings is 7. The number of pyridine rings is 2. The highest BCUT2D eigenvalue weighted by Gasteiger charge is 2.15. The van der Waals surface area contributed by atoms with E-state index >= 15 is 0 Å². The van der Waals surface area contributed by atoms with Gasteiger partial charge in [-0.25, -0.2) is 4.98 Å². The number of hydrogen-bond donors (Lipinski definition) is 0. The highest BCUT2D eigenvalue weighted by atomic mass is 14.7. The Labute approximate surface area is 292 Å². The first-order chi connectivity index (χ1) is 24.8. The van der Waals surface area contributed by atoms with E-state index in [1.165, 1.54) is 32.7 Å². The van der Waals surface area contributed by atoms with Crippen LogP contribution in [0.5, 0.6) is 0 Å². The molecule has 0 aliphatic rings. The molecule has 7 aromatic carbocycles. The van der Waals surface area contributed by atoms with Crippen LogP contribution in [0.1, 0.15) is 0 Å². The average Bonchev–Trinajstić information content (AvgIpc) is 3.21. The van der Waals surface area contributed by atoms with Gasteiger partial charge < -0.3 is 0 Å². The Balaban J connectivity index is 1.28. The van der Waals surface area contributed by atoms with Crippen LogP contribution < -0.4 is 0 Å². The molecule has 2 aromatic heterocycles. The van der Waals surface area contributed by atoms with Crippen LogP contribution in [0, 0.1) is 0 Å². The van der Waals surface area contributed by atoms with Crippen molar-refractivity contribution < 1.29 is 0 Å². The second-order valence-corrected chi connectivity index (χ2v) is 12.6. The molecule has 0 atom stereocenters. The molecule has 0 saturated carbocycles. The zero-order valence-corrected chi connectivity index (χ0v) is 27.4. The largest absolute Gasteiger partial charge is 0.256 e. The van der Waals surface area contributed by atoms with Crippen molar-refractivity contribution in [2.24, 2.45) is 0 Å². The molecule has 0 saturated heterocycles. The molecule has 0 bridgehead atoms. The van der Waals surface area contributed by atoms with Crippen LogP contribution in [0.2, 0.25) is 0 Å². The van der Waals surface area contributed by atoms with Crippen molar-refractivity contribution in [1.82, 2.24) is 9.97 Å². The maximum absolute atomic E-state index is 5.17. The van der Waals surface area contributed by atoms with E-state index < -0.39 is 0 Å². The second kappa shape index (κ2) is 12.8. The minimum Gasteiger partial charge on any atom is -0.256 e. The molecule has 0 unspecified atom stereocenters. The molecular formula is C48H32N2. The molecule has 0 fully saturated rings. The molecule has 0 spiro atoms. The Morgan fingerprint density at radius 1 is 0.280 bits per heavy atom. The van der Waals surface area contributed by atoms with Crippen molar-refractivity contribution >= 4 is 21.5 Å². The van der Waals surface area contributed by atoms with Gasteiger partial charge in [0.15, 0.2) is 0 Å². The predicted molar refractivity (Wildman–Crippen MR) is 210 cm³/mol. The van der Waals surface area contributed by atoms with Gasteiger partial charge in [0.25, 0.3) is 0 Å². The second-order valence-electron chi connectivity index (χ2n) is 12.6. The molecule has 9 aromatic rings. The molecule has 234 valence electrons. The van der Waals surface area contributed by atoms with Gasteiger partial charge in [0.2, 0.25) is 0 Å². The number of rotatable bonds is 6. The third kappa shape index (κ3) is 5.63. The van der Waals surface area contributed by atoms with E-state index in [9.17, 15) is 0 Å². The van der Waals surface area contributed by atoms with E-state index in [0.717, 1.165) is 56.0 Å². The summed E-state index contributed by atoms with van der Waals surface area (Å²) in [6, 6.07) is 67.0. The number of nitrogens with zero attached hydrogens (tertiary/aromatic N) is 2. The Morgan fingerprint density at radius 3 is 1.44 bits per heavy atom. The first-order valence-corrected chi connectivity index (χ1v) is 17.0. The van der Waals surface area contributed by atoms with Crippen molar-refractivity contribution in [2.75, 3.05) is 0 Å². The molecule has 2 nitrogen and oxygen atoms in total. The van der Waals surface area contributed by atoms with Gasteiger partial charge >= 0.3 is 0 Å². The lowest BCUT2D eigenvalue weighted by Gasteiger charge is -2.16. The first kappa shape index (κ1) is 29.5. The molecule has 2 heteroatoms. The standard InChI is InChI=1S/C48H32N2/c1-3-13-34(14-4-1)47-31-40(32-48(50-47)35-15-5-2-6-16-35)39-27-38(33-22-24-36(25-23-33)46-21-11-12-26-49-46)28-41(29-39)45-30-37-17-7-8-18-42(37)43-19-9-10-20-44(43)45/h1-32H. The van der Waals surface area contributed by atoms with Gasteiger partial charge in [-0.05, 0) is 103 Å². The quantitative estimate of drug-likeness (QED) is 0.170. The Kier molecular flexibility index (Phi) is 7.53. The molecule has 0 aliphatic carbocycles. The fraction of sp³-hybridized carbons (Fsp3) is 0. The molecule has 50 heavy (non-hydrogen) atoms. The van der Waals surface area contributed by atoms with Crippen molar-refractivity contribution in [1.29, 1.82) is 0 Å². The molecular weight excluding hydrogens is 605 g/mol. The Hall–Kier alpha value is -6.64. The third-order valence-electron chi connectivity index (χ3n) is 9.49. The SMILES string of the molecule is c1ccc(-c2cc(-c3cc(-c4ccc(-c5ccccn5)cc4)cc(-c4cc5ccccc5c5ccccc45)c3)cc(-c3ccccc3)n2)cc1. The van der Waals surface area contributed by atoms with E-state index in [-0.39, 0.29) is 0 Å². The Bertz CT molecular complexity index is 2550. The van der Waals surface area contributed by atoms with Crippen molar-refractivity contribution in [3.05, 3.63) is 194 Å². The molecule has 0 aliphatic heterocycles. The lowest BCUT2D eigenvalue weighted by Crippen LogP contribution is -1.93. The number of aromatic nitrogens is 2. The Morgan fingerprint density at radius 2 is 0.780 bits per heavy atom. The van der Waals surface area contributed by atoms with Gasteiger partial charge in [-0.1, -0.05) is 140 Å². The van der Waals surface area contributed by atoms with Crippen LogP contribution in [0.25, 0.3) is 88.7 Å². The third-order valence-corrected chi connectivity index (χ3v) is 9.49. The van der Waals surface area contributed by atoms with E-state index in [2.05, 4.69) is 169 Å². The van der Waals surface area contributed by atoms with E-state index in [1.807, 2.05) is 30.5 Å². The average molecular weight is 637 g/mol. The van der Waals surface area contributed by atoms with Gasteiger partial charge in [-0.2, -0.15) is 0 Å². The molecule has 0 radical (unpaired) electrons. The number of hydrogen-bond acceptors (Lipinski definition) is 2. The van der Waals surface area contributed by atoms with Crippen LogP contribution in [-0.2, 0) is 0 Å². The van der Waals surface area contributed by atoms with Crippen molar-refractivity contribution in [3.63, 3.8) is 0 Å². The summed E-state index contributed by atoms with van der Waals surface area (Å²) in [5.74, 6) is 0. The minimum atomic E-state index is 0.949. The van der Waals surface area contributed by atoms with Crippen LogP contribution >= 0.6 is 0 Å². The maximum Gasteiger partial charge on any atom is 0.0715 e. The summed E-state index contributed by atoms with van der Waals surface area (Å²) in [5.41, 5.74) is 13.1. The smallest absolute Gasteiger partial charge is 0.0715 e. The van der Waals surface area contributed by atoms with Gasteiger partial charge in [0.1, 0.15) is 0 Å². The lowest BCUT2D eigenvalue weighted by molar-refractivity contribution is 1.32. The normalized spacial score (nSPS) is 11.2. The summed E-state index contributed by atoms with van der Waals surface area (Å²) in [5, 5.41) is 5.00. The van der Waals surface area contributed by atoms with E-state index in [1.54, 1.807) is 0 Å². The zero-order valence-electron chi connectivity index (χ0n) is 27.4. The fourth-order valence-corrected chi connectivity index (χ4v) is 6.99. The molecule has 2 heterocycles. The lowest BCUT2D eigenvalue weighted by atomic mass is 9.89. The molecule has 9 rings (SSSR count). The zero-order chi connectivity index (χ0) is 33.3. The van der Waals surface area contributed by atoms with E-state index in [0.29, 0.717) is 0 Å². The van der Waals surface area contributed by atoms with Gasteiger partial charge in [0.05, 0.1) is 17.1 Å². The summed E-state index contributed by atoms with van der Waals surface area (Å²) in [4.78, 5) is 9.74. The van der Waals surface area contributed by atoms with Crippen LogP contribution in [-0.4, -0.2) is 9.97 Å². The summed E-state index contributed by atoms with van der Waals surface area (Å²) in [6.45, 7) is 0. The summed E-state index contributed by atoms with van der Waals surface area (Å²) < 4.78 is 0. The first-order valence-electron chi connectivity index (χ1n) is 17.0. The summed E-state index contributed by atoms with van der Waals surface area (Å²) in [7, 11) is 0. The minimum absolute atomic E-state index is 0.949. The maximum atomic E-state index is 5.17. The highest BCUT2D eigenvalue weighted by Crippen LogP contribution is 2.40. The summed E-state index contributed by atoms with van der Waals surface area (Å²) >= 11 is 0. The van der Waals surface area contributed by atoms with Crippen LogP contribution in [0.15, 0.2) is 194 Å². The van der Waals surface area contributed by atoms with Gasteiger partial charge in [0, 0.05) is 22.9 Å². The van der Waals surface area contributed by atoms with Crippen molar-refractivity contribution in [2.45, 2.75) is 0 Å². The fourth-order valence-electron chi connectivity index (χ4n) is 6.99. The topological polar surface area (TPSA) is 25.8 Å². The predicted octanol–water partition coefficient (Wildman–Crippen LogP) is 12.8.